The van der Waals surface area contributed by atoms with Crippen LogP contribution in [0, 0.1) is 0 Å². The number of nitrogens with one attached hydrogen (secondary N) is 1. The second kappa shape index (κ2) is 5.36. The lowest BCUT2D eigenvalue weighted by molar-refractivity contribution is 0.0621. The van der Waals surface area contributed by atoms with E-state index in [4.69, 9.17) is 5.84 Å². The van der Waals surface area contributed by atoms with Gasteiger partial charge in [0.15, 0.2) is 0 Å². The Hall–Kier alpha value is -1.76. The Morgan fingerprint density at radius 2 is 2.38 bits per heavy atom. The van der Waals surface area contributed by atoms with Crippen LogP contribution >= 0.6 is 0 Å². The quantitative estimate of drug-likeness (QED) is 0.590. The van der Waals surface area contributed by atoms with E-state index in [-0.39, 0.29) is 5.56 Å². The molecule has 0 saturated heterocycles. The van der Waals surface area contributed by atoms with Gasteiger partial charge >= 0.3 is 0 Å². The van der Waals surface area contributed by atoms with Crippen molar-refractivity contribution in [1.82, 2.24) is 9.88 Å². The summed E-state index contributed by atoms with van der Waals surface area (Å²) in [6.45, 7) is -0.620. The highest BCUT2D eigenvalue weighted by atomic mass is 19.3. The van der Waals surface area contributed by atoms with Gasteiger partial charge in [0.2, 0.25) is 0 Å². The Morgan fingerprint density at radius 1 is 1.69 bits per heavy atom. The maximum atomic E-state index is 12.1. The first-order valence-electron chi connectivity index (χ1n) is 4.50. The predicted molar refractivity (Wildman–Crippen MR) is 55.0 cm³/mol. The smallest absolute Gasteiger partial charge is 0.256 e. The van der Waals surface area contributed by atoms with Gasteiger partial charge in [0.05, 0.1) is 24.0 Å². The van der Waals surface area contributed by atoms with Gasteiger partial charge in [0.25, 0.3) is 12.3 Å². The number of anilines is 1. The van der Waals surface area contributed by atoms with Crippen LogP contribution in [0.3, 0.4) is 0 Å². The molecule has 0 bridgehead atoms. The van der Waals surface area contributed by atoms with Gasteiger partial charge in [0, 0.05) is 13.2 Å². The molecule has 0 unspecified atom stereocenters. The molecule has 1 heterocycles. The summed E-state index contributed by atoms with van der Waals surface area (Å²) in [6, 6.07) is 1.42. The number of carbonyl (C=O) groups excluding carboxylic acids is 1. The standard InChI is InChI=1S/C9H12F2N4O/c1-15(5-8(10)11)9(16)6-2-3-13-4-7(6)14-12/h2-4,8,14H,5,12H2,1H3. The predicted octanol–water partition coefficient (Wildman–Crippen LogP) is 0.704. The maximum Gasteiger partial charge on any atom is 0.256 e. The third kappa shape index (κ3) is 2.86. The molecule has 0 aromatic carbocycles. The summed E-state index contributed by atoms with van der Waals surface area (Å²) < 4.78 is 24.2. The van der Waals surface area contributed by atoms with E-state index in [1.54, 1.807) is 0 Å². The molecule has 3 N–H and O–H groups in total. The van der Waals surface area contributed by atoms with Crippen molar-refractivity contribution in [2.24, 2.45) is 5.84 Å². The summed E-state index contributed by atoms with van der Waals surface area (Å²) in [5.41, 5.74) is 2.80. The molecular weight excluding hydrogens is 218 g/mol. The second-order valence-corrected chi connectivity index (χ2v) is 3.14. The summed E-state index contributed by atoms with van der Waals surface area (Å²) in [6.07, 6.45) is 0.179. The second-order valence-electron chi connectivity index (χ2n) is 3.14. The lowest BCUT2D eigenvalue weighted by atomic mass is 10.2. The number of nitrogens with two attached hydrogens (primary N) is 1. The normalized spacial score (nSPS) is 10.3. The number of alkyl halides is 2. The number of nitrogen functional groups attached to an aromatic ring is 1. The highest BCUT2D eigenvalue weighted by Crippen LogP contribution is 2.14. The van der Waals surface area contributed by atoms with Crippen molar-refractivity contribution in [2.75, 3.05) is 19.0 Å². The largest absolute Gasteiger partial charge is 0.336 e. The van der Waals surface area contributed by atoms with E-state index in [1.165, 1.54) is 25.5 Å². The molecule has 0 saturated carbocycles. The van der Waals surface area contributed by atoms with Crippen LogP contribution in [0.2, 0.25) is 0 Å². The van der Waals surface area contributed by atoms with E-state index < -0.39 is 18.9 Å². The minimum absolute atomic E-state index is 0.209. The van der Waals surface area contributed by atoms with Gasteiger partial charge in [-0.05, 0) is 6.07 Å². The molecule has 0 aliphatic carbocycles. The van der Waals surface area contributed by atoms with Crippen LogP contribution in [0.25, 0.3) is 0 Å². The topological polar surface area (TPSA) is 71.2 Å². The van der Waals surface area contributed by atoms with Crippen LogP contribution in [0.5, 0.6) is 0 Å². The molecule has 5 nitrogen and oxygen atoms in total. The zero-order valence-electron chi connectivity index (χ0n) is 8.65. The number of carbonyl (C=O) groups is 1. The Bertz CT molecular complexity index is 372. The Kier molecular flexibility index (Phi) is 4.12. The first-order chi connectivity index (χ1) is 7.56. The third-order valence-electron chi connectivity index (χ3n) is 1.97. The van der Waals surface area contributed by atoms with Crippen LogP contribution in [-0.2, 0) is 0 Å². The highest BCUT2D eigenvalue weighted by Gasteiger charge is 2.18. The lowest BCUT2D eigenvalue weighted by Crippen LogP contribution is -2.32. The van der Waals surface area contributed by atoms with Gasteiger partial charge in [-0.3, -0.25) is 15.6 Å². The van der Waals surface area contributed by atoms with Gasteiger partial charge < -0.3 is 10.3 Å². The minimum atomic E-state index is -2.56. The fourth-order valence-corrected chi connectivity index (χ4v) is 1.19. The molecule has 88 valence electrons. The Morgan fingerprint density at radius 3 is 2.94 bits per heavy atom. The molecule has 16 heavy (non-hydrogen) atoms. The van der Waals surface area contributed by atoms with Crippen LogP contribution in [-0.4, -0.2) is 35.8 Å². The molecule has 1 aromatic heterocycles. The van der Waals surface area contributed by atoms with Gasteiger partial charge in [-0.2, -0.15) is 0 Å². The zero-order valence-corrected chi connectivity index (χ0v) is 8.65. The highest BCUT2D eigenvalue weighted by molar-refractivity contribution is 5.99. The number of nitrogens with zero attached hydrogens (tertiary/aromatic N) is 2. The first-order valence-corrected chi connectivity index (χ1v) is 4.50. The fraction of sp³-hybridized carbons (Fsp3) is 0.333. The summed E-state index contributed by atoms with van der Waals surface area (Å²) in [5, 5.41) is 0. The molecular formula is C9H12F2N4O. The Balaban J connectivity index is 2.87. The molecule has 0 atom stereocenters. The molecule has 0 aliphatic heterocycles. The van der Waals surface area contributed by atoms with E-state index in [2.05, 4.69) is 10.4 Å². The summed E-state index contributed by atoms with van der Waals surface area (Å²) in [7, 11) is 1.30. The van der Waals surface area contributed by atoms with Gasteiger partial charge in [-0.1, -0.05) is 0 Å². The summed E-state index contributed by atoms with van der Waals surface area (Å²) in [4.78, 5) is 16.4. The van der Waals surface area contributed by atoms with E-state index in [1.807, 2.05) is 0 Å². The van der Waals surface area contributed by atoms with Crippen molar-refractivity contribution in [2.45, 2.75) is 6.43 Å². The number of pyridine rings is 1. The van der Waals surface area contributed by atoms with E-state index in [9.17, 15) is 13.6 Å². The van der Waals surface area contributed by atoms with E-state index in [0.29, 0.717) is 5.69 Å². The molecule has 0 spiro atoms. The average molecular weight is 230 g/mol. The number of hydrazine groups is 1. The molecule has 1 amide bonds. The maximum absolute atomic E-state index is 12.1. The third-order valence-corrected chi connectivity index (χ3v) is 1.97. The van der Waals surface area contributed by atoms with Crippen molar-refractivity contribution < 1.29 is 13.6 Å². The van der Waals surface area contributed by atoms with Crippen molar-refractivity contribution in [3.05, 3.63) is 24.0 Å². The first kappa shape index (κ1) is 12.3. The fourth-order valence-electron chi connectivity index (χ4n) is 1.19. The molecule has 0 fully saturated rings. The van der Waals surface area contributed by atoms with E-state index in [0.717, 1.165) is 4.90 Å². The molecule has 0 aliphatic rings. The van der Waals surface area contributed by atoms with Crippen molar-refractivity contribution >= 4 is 11.6 Å². The van der Waals surface area contributed by atoms with Crippen LogP contribution in [0.15, 0.2) is 18.5 Å². The van der Waals surface area contributed by atoms with Gasteiger partial charge in [-0.25, -0.2) is 8.78 Å². The number of hydrogen-bond donors (Lipinski definition) is 2. The SMILES string of the molecule is CN(CC(F)F)C(=O)c1ccncc1NN. The summed E-state index contributed by atoms with van der Waals surface area (Å²) >= 11 is 0. The number of aromatic nitrogens is 1. The summed E-state index contributed by atoms with van der Waals surface area (Å²) in [5.74, 6) is 4.65. The van der Waals surface area contributed by atoms with Gasteiger partial charge in [-0.15, -0.1) is 0 Å². The Labute approximate surface area is 91.2 Å². The van der Waals surface area contributed by atoms with Crippen molar-refractivity contribution in [1.29, 1.82) is 0 Å². The van der Waals surface area contributed by atoms with Gasteiger partial charge in [0.1, 0.15) is 0 Å². The van der Waals surface area contributed by atoms with Crippen molar-refractivity contribution in [3.63, 3.8) is 0 Å². The molecule has 1 rings (SSSR count). The number of halogens is 2. The van der Waals surface area contributed by atoms with Crippen LogP contribution in [0.4, 0.5) is 14.5 Å². The molecule has 7 heteroatoms. The average Bonchev–Trinajstić information content (AvgIpc) is 2.27. The monoisotopic (exact) mass is 230 g/mol. The number of hydrogen-bond acceptors (Lipinski definition) is 4. The van der Waals surface area contributed by atoms with Crippen LogP contribution < -0.4 is 11.3 Å². The lowest BCUT2D eigenvalue weighted by Gasteiger charge is -2.17. The van der Waals surface area contributed by atoms with E-state index >= 15 is 0 Å². The molecule has 0 radical (unpaired) electrons. The molecule has 1 aromatic rings. The zero-order chi connectivity index (χ0) is 12.1. The number of amides is 1. The van der Waals surface area contributed by atoms with Crippen LogP contribution in [0.1, 0.15) is 10.4 Å². The minimum Gasteiger partial charge on any atom is -0.336 e. The van der Waals surface area contributed by atoms with Crippen molar-refractivity contribution in [3.8, 4) is 0 Å². The number of rotatable bonds is 4.